The van der Waals surface area contributed by atoms with Gasteiger partial charge >= 0.3 is 11.9 Å². The zero-order valence-electron chi connectivity index (χ0n) is 17.0. The van der Waals surface area contributed by atoms with Crippen LogP contribution in [0.4, 0.5) is 0 Å². The quantitative estimate of drug-likeness (QED) is 0.766. The lowest BCUT2D eigenvalue weighted by Gasteiger charge is -2.39. The van der Waals surface area contributed by atoms with Gasteiger partial charge in [-0.3, -0.25) is 9.59 Å². The minimum atomic E-state index is -1.25. The average molecular weight is 399 g/mol. The number of hydrogen-bond donors (Lipinski definition) is 1. The molecule has 1 atom stereocenters. The third-order valence-electron chi connectivity index (χ3n) is 4.87. The summed E-state index contributed by atoms with van der Waals surface area (Å²) in [5.41, 5.74) is 0.925. The Morgan fingerprint density at radius 1 is 1.21 bits per heavy atom. The molecule has 0 radical (unpaired) electrons. The fraction of sp³-hybridized carbons (Fsp3) is 0.409. The van der Waals surface area contributed by atoms with Crippen molar-refractivity contribution in [1.82, 2.24) is 4.98 Å². The number of esters is 1. The molecule has 1 fully saturated rings. The number of pyridine rings is 1. The van der Waals surface area contributed by atoms with Crippen molar-refractivity contribution in [2.24, 2.45) is 5.41 Å². The van der Waals surface area contributed by atoms with Gasteiger partial charge in [-0.2, -0.15) is 0 Å². The molecule has 3 rings (SSSR count). The molecule has 154 valence electrons. The van der Waals surface area contributed by atoms with Gasteiger partial charge in [0.2, 0.25) is 0 Å². The minimum Gasteiger partial charge on any atom is -0.480 e. The van der Waals surface area contributed by atoms with Gasteiger partial charge in [-0.05, 0) is 38.5 Å². The molecule has 7 heteroatoms. The van der Waals surface area contributed by atoms with Crippen LogP contribution in [0.1, 0.15) is 45.1 Å². The lowest BCUT2D eigenvalue weighted by atomic mass is 9.87. The van der Waals surface area contributed by atoms with Gasteiger partial charge in [0.25, 0.3) is 0 Å². The predicted octanol–water partition coefficient (Wildman–Crippen LogP) is 3.73. The Kier molecular flexibility index (Phi) is 5.73. The lowest BCUT2D eigenvalue weighted by molar-refractivity contribution is -0.275. The number of carboxylic acids is 1. The van der Waals surface area contributed by atoms with Crippen molar-refractivity contribution in [1.29, 1.82) is 0 Å². The van der Waals surface area contributed by atoms with E-state index in [1.807, 2.05) is 30.3 Å². The summed E-state index contributed by atoms with van der Waals surface area (Å²) >= 11 is 0. The van der Waals surface area contributed by atoms with Gasteiger partial charge < -0.3 is 19.3 Å². The molecule has 7 nitrogen and oxygen atoms in total. The van der Waals surface area contributed by atoms with Gasteiger partial charge in [0.1, 0.15) is 11.5 Å². The molecule has 0 saturated carbocycles. The van der Waals surface area contributed by atoms with Crippen LogP contribution in [0.25, 0.3) is 17.0 Å². The molecule has 1 saturated heterocycles. The first kappa shape index (κ1) is 21.0. The number of nitrogens with zero attached hydrogens (tertiary/aromatic N) is 1. The topological polar surface area (TPSA) is 95.0 Å². The highest BCUT2D eigenvalue weighted by Gasteiger charge is 2.44. The van der Waals surface area contributed by atoms with E-state index in [1.54, 1.807) is 32.9 Å². The highest BCUT2D eigenvalue weighted by molar-refractivity contribution is 5.83. The second-order valence-electron chi connectivity index (χ2n) is 7.71. The second kappa shape index (κ2) is 7.93. The molecule has 2 aromatic rings. The summed E-state index contributed by atoms with van der Waals surface area (Å²) < 4.78 is 16.3. The fourth-order valence-corrected chi connectivity index (χ4v) is 3.02. The predicted molar refractivity (Wildman–Crippen MR) is 107 cm³/mol. The van der Waals surface area contributed by atoms with E-state index in [2.05, 4.69) is 4.98 Å². The van der Waals surface area contributed by atoms with Crippen molar-refractivity contribution >= 4 is 28.9 Å². The Morgan fingerprint density at radius 3 is 2.48 bits per heavy atom. The molecular formula is C22H25NO6. The molecule has 1 aromatic heterocycles. The normalized spacial score (nSPS) is 19.2. The number of hydrogen-bond acceptors (Lipinski definition) is 6. The molecule has 0 spiro atoms. The summed E-state index contributed by atoms with van der Waals surface area (Å²) in [5.74, 6) is -2.16. The van der Waals surface area contributed by atoms with E-state index < -0.39 is 23.3 Å². The Bertz CT molecular complexity index is 955. The maximum atomic E-state index is 11.9. The van der Waals surface area contributed by atoms with Crippen LogP contribution < -0.4 is 0 Å². The van der Waals surface area contributed by atoms with Crippen molar-refractivity contribution in [3.63, 3.8) is 0 Å². The standard InChI is InChI=1S/C22H25NO6/c1-14(29-15(2)24)18-8-7-17-6-5-16(11-19(17)23-18)9-10-22(20(25)26)12-27-21(3,4)28-13-22/h5-11,14H,12-13H2,1-4H3,(H,25,26). The Hall–Kier alpha value is -2.77. The number of ether oxygens (including phenoxy) is 3. The van der Waals surface area contributed by atoms with E-state index in [0.717, 1.165) is 16.5 Å². The zero-order chi connectivity index (χ0) is 21.2. The van der Waals surface area contributed by atoms with Crippen molar-refractivity contribution < 1.29 is 28.9 Å². The molecule has 1 aromatic carbocycles. The fourth-order valence-electron chi connectivity index (χ4n) is 3.02. The minimum absolute atomic E-state index is 0.0295. The first-order valence-electron chi connectivity index (χ1n) is 9.39. The van der Waals surface area contributed by atoms with Gasteiger partial charge in [-0.1, -0.05) is 30.4 Å². The molecule has 0 aliphatic carbocycles. The number of carbonyl (C=O) groups is 2. The van der Waals surface area contributed by atoms with Crippen molar-refractivity contribution in [2.75, 3.05) is 13.2 Å². The van der Waals surface area contributed by atoms with Gasteiger partial charge in [0.15, 0.2) is 5.79 Å². The van der Waals surface area contributed by atoms with E-state index in [4.69, 9.17) is 14.2 Å². The van der Waals surface area contributed by atoms with E-state index in [9.17, 15) is 14.7 Å². The summed E-state index contributed by atoms with van der Waals surface area (Å²) in [6.45, 7) is 6.69. The van der Waals surface area contributed by atoms with Crippen LogP contribution in [0.2, 0.25) is 0 Å². The second-order valence-corrected chi connectivity index (χ2v) is 7.71. The first-order valence-corrected chi connectivity index (χ1v) is 9.39. The zero-order valence-corrected chi connectivity index (χ0v) is 17.0. The highest BCUT2D eigenvalue weighted by atomic mass is 16.7. The largest absolute Gasteiger partial charge is 0.480 e. The van der Waals surface area contributed by atoms with Gasteiger partial charge in [0.05, 0.1) is 24.4 Å². The number of aliphatic carboxylic acids is 1. The van der Waals surface area contributed by atoms with Crippen LogP contribution in [-0.4, -0.2) is 41.0 Å². The Balaban J connectivity index is 1.87. The summed E-state index contributed by atoms with van der Waals surface area (Å²) in [7, 11) is 0. The summed E-state index contributed by atoms with van der Waals surface area (Å²) in [4.78, 5) is 27.6. The number of aromatic nitrogens is 1. The van der Waals surface area contributed by atoms with Crippen LogP contribution in [0.15, 0.2) is 36.4 Å². The molecule has 1 aliphatic heterocycles. The summed E-state index contributed by atoms with van der Waals surface area (Å²) in [6, 6.07) is 9.39. The van der Waals surface area contributed by atoms with Crippen molar-refractivity contribution in [2.45, 2.75) is 39.6 Å². The Morgan fingerprint density at radius 2 is 1.86 bits per heavy atom. The molecule has 1 N–H and O–H groups in total. The Labute approximate surface area is 169 Å². The van der Waals surface area contributed by atoms with Crippen LogP contribution in [0.5, 0.6) is 0 Å². The number of fused-ring (bicyclic) bond motifs is 1. The third-order valence-corrected chi connectivity index (χ3v) is 4.87. The van der Waals surface area contributed by atoms with E-state index >= 15 is 0 Å². The number of benzene rings is 1. The molecule has 1 unspecified atom stereocenters. The summed E-state index contributed by atoms with van der Waals surface area (Å²) in [6.07, 6.45) is 2.89. The van der Waals surface area contributed by atoms with E-state index in [1.165, 1.54) is 6.92 Å². The van der Waals surface area contributed by atoms with E-state index in [0.29, 0.717) is 5.69 Å². The number of carbonyl (C=O) groups excluding carboxylic acids is 1. The van der Waals surface area contributed by atoms with Gasteiger partial charge in [-0.25, -0.2) is 4.98 Å². The van der Waals surface area contributed by atoms with Crippen molar-refractivity contribution in [3.05, 3.63) is 47.7 Å². The molecule has 0 amide bonds. The summed E-state index contributed by atoms with van der Waals surface area (Å²) in [5, 5.41) is 10.6. The highest BCUT2D eigenvalue weighted by Crippen LogP contribution is 2.32. The molecular weight excluding hydrogens is 374 g/mol. The third kappa shape index (κ3) is 4.81. The maximum Gasteiger partial charge on any atom is 0.318 e. The SMILES string of the molecule is CC(=O)OC(C)c1ccc2ccc(C=CC3(C(=O)O)COC(C)(C)OC3)cc2n1. The van der Waals surface area contributed by atoms with Gasteiger partial charge in [0, 0.05) is 12.3 Å². The van der Waals surface area contributed by atoms with E-state index in [-0.39, 0.29) is 19.2 Å². The van der Waals surface area contributed by atoms with Crippen LogP contribution in [0.3, 0.4) is 0 Å². The smallest absolute Gasteiger partial charge is 0.318 e. The van der Waals surface area contributed by atoms with Crippen LogP contribution >= 0.6 is 0 Å². The molecule has 29 heavy (non-hydrogen) atoms. The van der Waals surface area contributed by atoms with Crippen molar-refractivity contribution in [3.8, 4) is 0 Å². The average Bonchev–Trinajstić information content (AvgIpc) is 2.66. The number of rotatable bonds is 5. The molecule has 1 aliphatic rings. The first-order chi connectivity index (χ1) is 13.6. The van der Waals surface area contributed by atoms with Crippen LogP contribution in [-0.2, 0) is 23.8 Å². The van der Waals surface area contributed by atoms with Crippen LogP contribution in [0, 0.1) is 5.41 Å². The molecule has 2 heterocycles. The lowest BCUT2D eigenvalue weighted by Crippen LogP contribution is -2.49. The monoisotopic (exact) mass is 399 g/mol. The maximum absolute atomic E-state index is 11.9. The molecule has 0 bridgehead atoms. The number of carboxylic acid groups (broad SMARTS) is 1. The van der Waals surface area contributed by atoms with Gasteiger partial charge in [-0.15, -0.1) is 0 Å².